The van der Waals surface area contributed by atoms with Gasteiger partial charge in [-0.2, -0.15) is 0 Å². The summed E-state index contributed by atoms with van der Waals surface area (Å²) in [6, 6.07) is 0. The van der Waals surface area contributed by atoms with Gasteiger partial charge in [0, 0.05) is 12.0 Å². The number of ether oxygens (including phenoxy) is 1. The van der Waals surface area contributed by atoms with E-state index < -0.39 is 0 Å². The molecule has 6 atom stereocenters. The first-order valence-electron chi connectivity index (χ1n) is 8.94. The highest BCUT2D eigenvalue weighted by Crippen LogP contribution is 2.62. The molecular weight excluding hydrogens is 260 g/mol. The van der Waals surface area contributed by atoms with Gasteiger partial charge in [0.15, 0.2) is 0 Å². The van der Waals surface area contributed by atoms with E-state index in [2.05, 4.69) is 19.9 Å². The topological polar surface area (TPSA) is 26.3 Å². The van der Waals surface area contributed by atoms with Gasteiger partial charge in [0.2, 0.25) is 0 Å². The van der Waals surface area contributed by atoms with Crippen molar-refractivity contribution in [3.8, 4) is 0 Å². The number of esters is 1. The fourth-order valence-corrected chi connectivity index (χ4v) is 6.42. The van der Waals surface area contributed by atoms with E-state index in [4.69, 9.17) is 4.74 Å². The van der Waals surface area contributed by atoms with Crippen LogP contribution in [0, 0.1) is 29.1 Å². The Morgan fingerprint density at radius 2 is 1.95 bits per heavy atom. The standard InChI is InChI=1S/C19H28O2/c1-18-11-4-3-5-13(18)6-7-14-15(18)10-12-19(2)16(14)8-9-17(20)21-19/h8-9,13-16H,3-7,10-12H2,1-2H3/t13-,14-,15+,16+,18+,19+/m1/s1. The Bertz CT molecular complexity index is 482. The SMILES string of the molecule is C[C@]12CCCC[C@@H]1CC[C@@H]1[C@@H]2CC[C@]2(C)OC(=O)C=C[C@@H]12. The zero-order chi connectivity index (χ0) is 14.7. The fourth-order valence-electron chi connectivity index (χ4n) is 6.42. The monoisotopic (exact) mass is 288 g/mol. The van der Waals surface area contributed by atoms with Crippen molar-refractivity contribution in [2.24, 2.45) is 29.1 Å². The zero-order valence-electron chi connectivity index (χ0n) is 13.4. The molecule has 0 radical (unpaired) electrons. The molecule has 0 aromatic heterocycles. The van der Waals surface area contributed by atoms with E-state index in [0.717, 1.165) is 24.2 Å². The van der Waals surface area contributed by atoms with Crippen molar-refractivity contribution in [3.05, 3.63) is 12.2 Å². The molecule has 1 heterocycles. The predicted octanol–water partition coefficient (Wildman–Crippen LogP) is 4.49. The summed E-state index contributed by atoms with van der Waals surface area (Å²) in [6.45, 7) is 4.75. The third-order valence-corrected chi connectivity index (χ3v) is 7.55. The first-order chi connectivity index (χ1) is 10.0. The summed E-state index contributed by atoms with van der Waals surface area (Å²) >= 11 is 0. The lowest BCUT2D eigenvalue weighted by molar-refractivity contribution is -0.180. The lowest BCUT2D eigenvalue weighted by atomic mass is 9.46. The second kappa shape index (κ2) is 4.60. The third kappa shape index (κ3) is 1.94. The van der Waals surface area contributed by atoms with Crippen LogP contribution in [0.25, 0.3) is 0 Å². The van der Waals surface area contributed by atoms with Gasteiger partial charge in [0.1, 0.15) is 5.60 Å². The van der Waals surface area contributed by atoms with Crippen molar-refractivity contribution < 1.29 is 9.53 Å². The zero-order valence-corrected chi connectivity index (χ0v) is 13.4. The number of fused-ring (bicyclic) bond motifs is 5. The van der Waals surface area contributed by atoms with Gasteiger partial charge in [-0.3, -0.25) is 0 Å². The number of hydrogen-bond donors (Lipinski definition) is 0. The minimum absolute atomic E-state index is 0.134. The van der Waals surface area contributed by atoms with E-state index >= 15 is 0 Å². The van der Waals surface area contributed by atoms with Crippen molar-refractivity contribution in [1.82, 2.24) is 0 Å². The van der Waals surface area contributed by atoms with Crippen LogP contribution in [0.4, 0.5) is 0 Å². The van der Waals surface area contributed by atoms with Gasteiger partial charge in [-0.1, -0.05) is 25.8 Å². The lowest BCUT2D eigenvalue weighted by Crippen LogP contribution is -2.56. The molecule has 3 aliphatic carbocycles. The van der Waals surface area contributed by atoms with Crippen molar-refractivity contribution in [1.29, 1.82) is 0 Å². The first-order valence-corrected chi connectivity index (χ1v) is 8.94. The summed E-state index contributed by atoms with van der Waals surface area (Å²) in [5.74, 6) is 2.84. The number of carbonyl (C=O) groups excluding carboxylic acids is 1. The molecule has 21 heavy (non-hydrogen) atoms. The molecule has 0 aromatic rings. The summed E-state index contributed by atoms with van der Waals surface area (Å²) in [4.78, 5) is 11.7. The Morgan fingerprint density at radius 3 is 2.81 bits per heavy atom. The molecule has 0 aromatic carbocycles. The van der Waals surface area contributed by atoms with Gasteiger partial charge < -0.3 is 4.74 Å². The van der Waals surface area contributed by atoms with E-state index in [1.165, 1.54) is 44.9 Å². The molecule has 3 fully saturated rings. The fraction of sp³-hybridized carbons (Fsp3) is 0.842. The molecule has 1 aliphatic heterocycles. The Labute approximate surface area is 128 Å². The Balaban J connectivity index is 1.67. The van der Waals surface area contributed by atoms with Crippen LogP contribution in [0.3, 0.4) is 0 Å². The molecule has 4 aliphatic rings. The van der Waals surface area contributed by atoms with E-state index in [9.17, 15) is 4.79 Å². The number of carbonyl (C=O) groups is 1. The lowest BCUT2D eigenvalue weighted by Gasteiger charge is -2.60. The smallest absolute Gasteiger partial charge is 0.330 e. The van der Waals surface area contributed by atoms with Crippen LogP contribution in [-0.4, -0.2) is 11.6 Å². The largest absolute Gasteiger partial charge is 0.456 e. The van der Waals surface area contributed by atoms with E-state index in [1.807, 2.05) is 0 Å². The maximum absolute atomic E-state index is 11.7. The van der Waals surface area contributed by atoms with Gasteiger partial charge in [0.25, 0.3) is 0 Å². The minimum Gasteiger partial charge on any atom is -0.456 e. The van der Waals surface area contributed by atoms with Gasteiger partial charge in [0.05, 0.1) is 0 Å². The molecule has 0 spiro atoms. The van der Waals surface area contributed by atoms with Crippen LogP contribution < -0.4 is 0 Å². The Hall–Kier alpha value is -0.790. The highest BCUT2D eigenvalue weighted by atomic mass is 16.6. The molecule has 0 bridgehead atoms. The first kappa shape index (κ1) is 13.8. The van der Waals surface area contributed by atoms with Gasteiger partial charge in [-0.05, 0) is 68.6 Å². The molecule has 0 unspecified atom stereocenters. The molecule has 0 N–H and O–H groups in total. The normalized spacial score (nSPS) is 52.4. The van der Waals surface area contributed by atoms with Gasteiger partial charge in [-0.15, -0.1) is 0 Å². The predicted molar refractivity (Wildman–Crippen MR) is 82.6 cm³/mol. The second-order valence-electron chi connectivity index (χ2n) is 8.45. The summed E-state index contributed by atoms with van der Waals surface area (Å²) in [5.41, 5.74) is 0.322. The average molecular weight is 288 g/mol. The maximum atomic E-state index is 11.7. The molecular formula is C19H28O2. The Kier molecular flexibility index (Phi) is 3.03. The summed E-state index contributed by atoms with van der Waals surface area (Å²) < 4.78 is 5.77. The average Bonchev–Trinajstić information content (AvgIpc) is 2.45. The Morgan fingerprint density at radius 1 is 1.10 bits per heavy atom. The number of rotatable bonds is 0. The van der Waals surface area contributed by atoms with Gasteiger partial charge in [-0.25, -0.2) is 4.79 Å². The third-order valence-electron chi connectivity index (χ3n) is 7.55. The van der Waals surface area contributed by atoms with Crippen molar-refractivity contribution in [3.63, 3.8) is 0 Å². The van der Waals surface area contributed by atoms with Crippen LogP contribution in [0.2, 0.25) is 0 Å². The summed E-state index contributed by atoms with van der Waals surface area (Å²) in [6.07, 6.45) is 14.7. The van der Waals surface area contributed by atoms with Crippen LogP contribution in [0.5, 0.6) is 0 Å². The maximum Gasteiger partial charge on any atom is 0.330 e. The summed E-state index contributed by atoms with van der Waals surface area (Å²) in [5, 5.41) is 0. The molecule has 0 saturated heterocycles. The quantitative estimate of drug-likeness (QED) is 0.614. The van der Waals surface area contributed by atoms with E-state index in [0.29, 0.717) is 11.3 Å². The highest BCUT2D eigenvalue weighted by molar-refractivity contribution is 5.83. The van der Waals surface area contributed by atoms with Crippen molar-refractivity contribution in [2.45, 2.75) is 70.8 Å². The van der Waals surface area contributed by atoms with Crippen LogP contribution in [0.1, 0.15) is 65.2 Å². The van der Waals surface area contributed by atoms with E-state index in [1.54, 1.807) is 6.08 Å². The minimum atomic E-state index is -0.231. The van der Waals surface area contributed by atoms with Crippen LogP contribution in [0.15, 0.2) is 12.2 Å². The van der Waals surface area contributed by atoms with Crippen LogP contribution in [-0.2, 0) is 9.53 Å². The molecule has 3 saturated carbocycles. The highest BCUT2D eigenvalue weighted by Gasteiger charge is 2.57. The van der Waals surface area contributed by atoms with Crippen molar-refractivity contribution in [2.75, 3.05) is 0 Å². The van der Waals surface area contributed by atoms with Crippen molar-refractivity contribution >= 4 is 5.97 Å². The second-order valence-corrected chi connectivity index (χ2v) is 8.45. The molecule has 116 valence electrons. The molecule has 4 rings (SSSR count). The number of hydrogen-bond acceptors (Lipinski definition) is 2. The molecule has 0 amide bonds. The van der Waals surface area contributed by atoms with Gasteiger partial charge >= 0.3 is 5.97 Å². The molecule has 2 nitrogen and oxygen atoms in total. The van der Waals surface area contributed by atoms with Crippen LogP contribution >= 0.6 is 0 Å². The molecule has 2 heteroatoms. The van der Waals surface area contributed by atoms with E-state index in [-0.39, 0.29) is 11.6 Å². The summed E-state index contributed by atoms with van der Waals surface area (Å²) in [7, 11) is 0.